The molecule has 0 N–H and O–H groups in total. The fraction of sp³-hybridized carbons (Fsp3) is 0.417. The Morgan fingerprint density at radius 3 is 2.25 bits per heavy atom. The molecule has 0 heterocycles. The van der Waals surface area contributed by atoms with Crippen molar-refractivity contribution in [3.05, 3.63) is 34.7 Å². The molecule has 1 aromatic rings. The zero-order valence-electron chi connectivity index (χ0n) is 10.0. The number of anilines is 1. The average Bonchev–Trinajstić information content (AvgIpc) is 2.17. The van der Waals surface area contributed by atoms with Crippen molar-refractivity contribution in [1.82, 2.24) is 0 Å². The molecule has 4 nitrogen and oxygen atoms in total. The first-order valence-corrected chi connectivity index (χ1v) is 5.11. The number of carbonyl (C=O) groups excluding carboxylic acids is 1. The minimum Gasteiger partial charge on any atom is -0.273 e. The Labute approximate surface area is 95.2 Å². The fourth-order valence-corrected chi connectivity index (χ4v) is 1.56. The van der Waals surface area contributed by atoms with Gasteiger partial charge in [-0.3, -0.25) is 4.79 Å². The van der Waals surface area contributed by atoms with Crippen LogP contribution in [0.4, 0.5) is 5.69 Å². The van der Waals surface area contributed by atoms with E-state index >= 15 is 0 Å². The van der Waals surface area contributed by atoms with E-state index in [1.807, 2.05) is 32.9 Å². The molecular weight excluding hydrogens is 204 g/mol. The smallest absolute Gasteiger partial charge is 0.246 e. The zero-order chi connectivity index (χ0) is 12.3. The molecule has 1 aromatic carbocycles. The lowest BCUT2D eigenvalue weighted by molar-refractivity contribution is -0.116. The zero-order valence-corrected chi connectivity index (χ0v) is 10.0. The molecule has 0 aliphatic heterocycles. The van der Waals surface area contributed by atoms with E-state index < -0.39 is 0 Å². The van der Waals surface area contributed by atoms with E-state index in [2.05, 4.69) is 5.29 Å². The van der Waals surface area contributed by atoms with Crippen LogP contribution in [0.5, 0.6) is 0 Å². The summed E-state index contributed by atoms with van der Waals surface area (Å²) in [6.45, 7) is 7.39. The van der Waals surface area contributed by atoms with Gasteiger partial charge in [-0.05, 0) is 17.0 Å². The number of benzene rings is 1. The van der Waals surface area contributed by atoms with Crippen LogP contribution in [-0.4, -0.2) is 5.91 Å². The lowest BCUT2D eigenvalue weighted by atomic mass is 9.85. The van der Waals surface area contributed by atoms with Crippen LogP contribution in [0.25, 0.3) is 0 Å². The highest BCUT2D eigenvalue weighted by Crippen LogP contribution is 2.31. The number of amides is 1. The van der Waals surface area contributed by atoms with Crippen molar-refractivity contribution in [2.24, 2.45) is 5.29 Å². The van der Waals surface area contributed by atoms with Crippen molar-refractivity contribution in [2.45, 2.75) is 33.1 Å². The molecule has 86 valence electrons. The van der Waals surface area contributed by atoms with Crippen molar-refractivity contribution in [3.63, 3.8) is 0 Å². The summed E-state index contributed by atoms with van der Waals surface area (Å²) in [5.74, 6) is -0.383. The first-order chi connectivity index (χ1) is 7.38. The van der Waals surface area contributed by atoms with Crippen molar-refractivity contribution >= 4 is 11.6 Å². The van der Waals surface area contributed by atoms with Crippen LogP contribution >= 0.6 is 0 Å². The molecule has 0 spiro atoms. The number of hydrogen-bond acceptors (Lipinski definition) is 3. The van der Waals surface area contributed by atoms with Gasteiger partial charge < -0.3 is 0 Å². The monoisotopic (exact) mass is 220 g/mol. The summed E-state index contributed by atoms with van der Waals surface area (Å²) in [6.07, 6.45) is 0. The van der Waals surface area contributed by atoms with Crippen LogP contribution in [0.3, 0.4) is 0 Å². The predicted octanol–water partition coefficient (Wildman–Crippen LogP) is 3.02. The van der Waals surface area contributed by atoms with Crippen molar-refractivity contribution in [1.29, 1.82) is 0 Å². The lowest BCUT2D eigenvalue weighted by Gasteiger charge is -2.24. The molecular formula is C12H16N2O2. The number of nitroso groups, excluding NO2 is 1. The lowest BCUT2D eigenvalue weighted by Crippen LogP contribution is -2.25. The molecule has 0 fully saturated rings. The van der Waals surface area contributed by atoms with Crippen molar-refractivity contribution in [3.8, 4) is 0 Å². The van der Waals surface area contributed by atoms with Gasteiger partial charge >= 0.3 is 0 Å². The number of rotatable bonds is 2. The second-order valence-corrected chi connectivity index (χ2v) is 4.68. The minimum atomic E-state index is -0.383. The van der Waals surface area contributed by atoms with E-state index in [-0.39, 0.29) is 11.3 Å². The first kappa shape index (κ1) is 12.4. The molecule has 0 atom stereocenters. The van der Waals surface area contributed by atoms with E-state index in [1.54, 1.807) is 12.1 Å². The van der Waals surface area contributed by atoms with Gasteiger partial charge in [0.25, 0.3) is 0 Å². The molecule has 1 rings (SSSR count). The SMILES string of the molecule is CC(=O)N(N=O)c1ccccc1C(C)(C)C. The molecule has 4 heteroatoms. The van der Waals surface area contributed by atoms with Crippen LogP contribution in [0.2, 0.25) is 0 Å². The molecule has 0 saturated heterocycles. The van der Waals surface area contributed by atoms with Gasteiger partial charge in [0.15, 0.2) is 0 Å². The van der Waals surface area contributed by atoms with Gasteiger partial charge in [0.1, 0.15) is 0 Å². The second-order valence-electron chi connectivity index (χ2n) is 4.68. The van der Waals surface area contributed by atoms with Gasteiger partial charge in [0.05, 0.1) is 11.0 Å². The van der Waals surface area contributed by atoms with Gasteiger partial charge in [0, 0.05) is 6.92 Å². The second kappa shape index (κ2) is 4.43. The predicted molar refractivity (Wildman–Crippen MR) is 64.1 cm³/mol. The van der Waals surface area contributed by atoms with Gasteiger partial charge in [-0.15, -0.1) is 4.91 Å². The van der Waals surface area contributed by atoms with E-state index in [1.165, 1.54) is 6.92 Å². The third-order valence-corrected chi connectivity index (χ3v) is 2.32. The van der Waals surface area contributed by atoms with Crippen LogP contribution in [0.15, 0.2) is 29.6 Å². The minimum absolute atomic E-state index is 0.144. The largest absolute Gasteiger partial charge is 0.273 e. The molecule has 0 unspecified atom stereocenters. The van der Waals surface area contributed by atoms with Gasteiger partial charge in [-0.2, -0.15) is 5.01 Å². The normalized spacial score (nSPS) is 11.0. The number of nitrogens with zero attached hydrogens (tertiary/aromatic N) is 2. The van der Waals surface area contributed by atoms with Crippen LogP contribution in [0, 0.1) is 4.91 Å². The summed E-state index contributed by atoms with van der Waals surface area (Å²) in [4.78, 5) is 22.0. The topological polar surface area (TPSA) is 49.7 Å². The molecule has 16 heavy (non-hydrogen) atoms. The van der Waals surface area contributed by atoms with E-state index in [4.69, 9.17) is 0 Å². The van der Waals surface area contributed by atoms with Crippen molar-refractivity contribution < 1.29 is 4.79 Å². The Balaban J connectivity index is 3.33. The van der Waals surface area contributed by atoms with Gasteiger partial charge in [-0.1, -0.05) is 39.0 Å². The molecule has 0 aliphatic rings. The Morgan fingerprint density at radius 2 is 1.81 bits per heavy atom. The first-order valence-electron chi connectivity index (χ1n) is 5.11. The average molecular weight is 220 g/mol. The highest BCUT2D eigenvalue weighted by molar-refractivity contribution is 5.91. The van der Waals surface area contributed by atoms with E-state index in [0.29, 0.717) is 5.69 Å². The maximum atomic E-state index is 11.3. The number of para-hydroxylation sites is 1. The van der Waals surface area contributed by atoms with E-state index in [0.717, 1.165) is 10.6 Å². The standard InChI is InChI=1S/C12H16N2O2/c1-9(15)14(13-16)11-8-6-5-7-10(11)12(2,3)4/h5-8H,1-4H3. The van der Waals surface area contributed by atoms with E-state index in [9.17, 15) is 9.70 Å². The Morgan fingerprint density at radius 1 is 1.25 bits per heavy atom. The molecule has 0 saturated carbocycles. The highest BCUT2D eigenvalue weighted by Gasteiger charge is 2.23. The van der Waals surface area contributed by atoms with Gasteiger partial charge in [0.2, 0.25) is 5.91 Å². The number of carbonyl (C=O) groups is 1. The maximum Gasteiger partial charge on any atom is 0.246 e. The molecule has 0 aromatic heterocycles. The summed E-state index contributed by atoms with van der Waals surface area (Å²) in [7, 11) is 0. The summed E-state index contributed by atoms with van der Waals surface area (Å²) < 4.78 is 0. The summed E-state index contributed by atoms with van der Waals surface area (Å²) >= 11 is 0. The molecule has 0 aliphatic carbocycles. The molecule has 0 bridgehead atoms. The molecule has 1 amide bonds. The van der Waals surface area contributed by atoms with Crippen molar-refractivity contribution in [2.75, 3.05) is 5.01 Å². The number of hydrogen-bond donors (Lipinski definition) is 0. The Hall–Kier alpha value is -1.71. The third kappa shape index (κ3) is 2.45. The molecule has 0 radical (unpaired) electrons. The summed E-state index contributed by atoms with van der Waals surface area (Å²) in [5, 5.41) is 3.66. The summed E-state index contributed by atoms with van der Waals surface area (Å²) in [6, 6.07) is 7.29. The Bertz CT molecular complexity index is 408. The third-order valence-electron chi connectivity index (χ3n) is 2.32. The van der Waals surface area contributed by atoms with Gasteiger partial charge in [-0.25, -0.2) is 0 Å². The van der Waals surface area contributed by atoms with Crippen LogP contribution in [0.1, 0.15) is 33.3 Å². The van der Waals surface area contributed by atoms with Crippen LogP contribution in [-0.2, 0) is 10.2 Å². The highest BCUT2D eigenvalue weighted by atomic mass is 16.3. The van der Waals surface area contributed by atoms with Crippen LogP contribution < -0.4 is 5.01 Å². The summed E-state index contributed by atoms with van der Waals surface area (Å²) in [5.41, 5.74) is 1.33. The quantitative estimate of drug-likeness (QED) is 0.568. The fourth-order valence-electron chi connectivity index (χ4n) is 1.56. The maximum absolute atomic E-state index is 11.3. The Kier molecular flexibility index (Phi) is 3.42.